The second kappa shape index (κ2) is 8.87. The summed E-state index contributed by atoms with van der Waals surface area (Å²) in [5.74, 6) is 2.06. The monoisotopic (exact) mass is 499 g/mol. The van der Waals surface area contributed by atoms with Crippen LogP contribution in [0.5, 0.6) is 0 Å². The van der Waals surface area contributed by atoms with E-state index >= 15 is 0 Å². The second-order valence-electron chi connectivity index (χ2n) is 11.8. The number of carbonyl (C=O) groups excluding carboxylic acids is 2. The number of nitrogens with zero attached hydrogens (tertiary/aromatic N) is 2. The van der Waals surface area contributed by atoms with Crippen molar-refractivity contribution in [2.24, 2.45) is 23.2 Å². The molecule has 2 heterocycles. The quantitative estimate of drug-likeness (QED) is 0.663. The van der Waals surface area contributed by atoms with Gasteiger partial charge in [0.25, 0.3) is 0 Å². The van der Waals surface area contributed by atoms with E-state index in [-0.39, 0.29) is 22.1 Å². The van der Waals surface area contributed by atoms with Crippen molar-refractivity contribution in [1.82, 2.24) is 9.21 Å². The molecule has 1 atom stereocenters. The molecular weight excluding hydrogens is 462 g/mol. The SMILES string of the molecule is O=C(Nc1cccc(S(=O)(=O)N2CCCCC2)c1)C1CCCN1C(=O)C12CC3CC(CC(C3)C1)C2. The fourth-order valence-electron chi connectivity index (χ4n) is 8.17. The van der Waals surface area contributed by atoms with Crippen molar-refractivity contribution in [3.63, 3.8) is 0 Å². The Balaban J connectivity index is 1.17. The maximum atomic E-state index is 13.9. The van der Waals surface area contributed by atoms with Crippen molar-refractivity contribution in [2.75, 3.05) is 25.0 Å². The van der Waals surface area contributed by atoms with Gasteiger partial charge in [-0.2, -0.15) is 4.31 Å². The van der Waals surface area contributed by atoms with Gasteiger partial charge in [-0.3, -0.25) is 9.59 Å². The number of nitrogens with one attached hydrogen (secondary N) is 1. The zero-order chi connectivity index (χ0) is 24.2. The largest absolute Gasteiger partial charge is 0.330 e. The van der Waals surface area contributed by atoms with Crippen LogP contribution in [0.15, 0.2) is 29.2 Å². The molecule has 35 heavy (non-hydrogen) atoms. The van der Waals surface area contributed by atoms with E-state index < -0.39 is 16.1 Å². The average Bonchev–Trinajstić information content (AvgIpc) is 3.33. The predicted octanol–water partition coefficient (Wildman–Crippen LogP) is 4.01. The van der Waals surface area contributed by atoms with E-state index in [9.17, 15) is 18.0 Å². The summed E-state index contributed by atoms with van der Waals surface area (Å²) in [5, 5.41) is 2.94. The van der Waals surface area contributed by atoms with Gasteiger partial charge in [0.2, 0.25) is 21.8 Å². The van der Waals surface area contributed by atoms with Crippen LogP contribution in [-0.4, -0.2) is 55.1 Å². The summed E-state index contributed by atoms with van der Waals surface area (Å²) in [6.07, 6.45) is 11.2. The molecule has 1 aromatic carbocycles. The third-order valence-electron chi connectivity index (χ3n) is 9.36. The molecular formula is C27H37N3O4S. The highest BCUT2D eigenvalue weighted by atomic mass is 32.2. The summed E-state index contributed by atoms with van der Waals surface area (Å²) < 4.78 is 27.7. The van der Waals surface area contributed by atoms with Gasteiger partial charge in [0.05, 0.1) is 10.3 Å². The number of hydrogen-bond donors (Lipinski definition) is 1. The molecule has 2 saturated heterocycles. The highest BCUT2D eigenvalue weighted by Crippen LogP contribution is 2.60. The maximum absolute atomic E-state index is 13.9. The Labute approximate surface area is 208 Å². The molecule has 6 aliphatic rings. The molecule has 2 amide bonds. The van der Waals surface area contributed by atoms with Gasteiger partial charge in [-0.05, 0) is 100 Å². The third-order valence-corrected chi connectivity index (χ3v) is 11.3. The van der Waals surface area contributed by atoms with Gasteiger partial charge in [-0.25, -0.2) is 8.42 Å². The number of piperidine rings is 1. The van der Waals surface area contributed by atoms with Crippen LogP contribution in [0.4, 0.5) is 5.69 Å². The van der Waals surface area contributed by atoms with Crippen LogP contribution in [0.2, 0.25) is 0 Å². The second-order valence-corrected chi connectivity index (χ2v) is 13.8. The molecule has 7 rings (SSSR count). The first kappa shape index (κ1) is 23.5. The topological polar surface area (TPSA) is 86.8 Å². The molecule has 0 aromatic heterocycles. The first-order valence-corrected chi connectivity index (χ1v) is 15.0. The molecule has 190 valence electrons. The molecule has 6 fully saturated rings. The van der Waals surface area contributed by atoms with Gasteiger partial charge in [-0.1, -0.05) is 12.5 Å². The molecule has 4 saturated carbocycles. The Morgan fingerprint density at radius 3 is 2.20 bits per heavy atom. The summed E-state index contributed by atoms with van der Waals surface area (Å²) >= 11 is 0. The lowest BCUT2D eigenvalue weighted by molar-refractivity contribution is -0.160. The highest BCUT2D eigenvalue weighted by Gasteiger charge is 2.56. The number of rotatable bonds is 5. The Morgan fingerprint density at radius 1 is 0.886 bits per heavy atom. The van der Waals surface area contributed by atoms with Crippen molar-refractivity contribution in [2.45, 2.75) is 81.6 Å². The number of hydrogen-bond acceptors (Lipinski definition) is 4. The number of carbonyl (C=O) groups is 2. The van der Waals surface area contributed by atoms with E-state index in [2.05, 4.69) is 5.32 Å². The van der Waals surface area contributed by atoms with Crippen LogP contribution < -0.4 is 5.32 Å². The lowest BCUT2D eigenvalue weighted by Crippen LogP contribution is -2.56. The van der Waals surface area contributed by atoms with E-state index in [0.29, 0.717) is 49.5 Å². The van der Waals surface area contributed by atoms with Crippen LogP contribution in [0.3, 0.4) is 0 Å². The zero-order valence-corrected chi connectivity index (χ0v) is 21.3. The molecule has 7 nitrogen and oxygen atoms in total. The normalized spacial score (nSPS) is 34.8. The van der Waals surface area contributed by atoms with Crippen LogP contribution in [0.1, 0.15) is 70.6 Å². The van der Waals surface area contributed by atoms with E-state index in [1.807, 2.05) is 4.90 Å². The molecule has 0 spiro atoms. The zero-order valence-electron chi connectivity index (χ0n) is 20.5. The highest BCUT2D eigenvalue weighted by molar-refractivity contribution is 7.89. The minimum Gasteiger partial charge on any atom is -0.330 e. The number of amides is 2. The molecule has 1 aromatic rings. The van der Waals surface area contributed by atoms with Gasteiger partial charge in [0.1, 0.15) is 6.04 Å². The molecule has 4 aliphatic carbocycles. The minimum absolute atomic E-state index is 0.201. The van der Waals surface area contributed by atoms with Crippen molar-refractivity contribution in [3.05, 3.63) is 24.3 Å². The Morgan fingerprint density at radius 2 is 1.54 bits per heavy atom. The van der Waals surface area contributed by atoms with Crippen molar-refractivity contribution >= 4 is 27.5 Å². The van der Waals surface area contributed by atoms with E-state index in [0.717, 1.165) is 44.9 Å². The Hall–Kier alpha value is -1.93. The Kier molecular flexibility index (Phi) is 5.95. The summed E-state index contributed by atoms with van der Waals surface area (Å²) in [6.45, 7) is 1.73. The lowest BCUT2D eigenvalue weighted by Gasteiger charge is -2.56. The first-order valence-electron chi connectivity index (χ1n) is 13.6. The van der Waals surface area contributed by atoms with Gasteiger partial charge in [0.15, 0.2) is 0 Å². The predicted molar refractivity (Wildman–Crippen MR) is 133 cm³/mol. The Bertz CT molecular complexity index is 1080. The van der Waals surface area contributed by atoms with Crippen molar-refractivity contribution in [3.8, 4) is 0 Å². The first-order chi connectivity index (χ1) is 16.8. The maximum Gasteiger partial charge on any atom is 0.247 e. The van der Waals surface area contributed by atoms with Gasteiger partial charge in [-0.15, -0.1) is 0 Å². The summed E-state index contributed by atoms with van der Waals surface area (Å²) in [5.41, 5.74) is 0.224. The van der Waals surface area contributed by atoms with Crippen LogP contribution in [-0.2, 0) is 19.6 Å². The number of sulfonamides is 1. The molecule has 4 bridgehead atoms. The number of anilines is 1. The summed E-state index contributed by atoms with van der Waals surface area (Å²) in [7, 11) is -3.57. The van der Waals surface area contributed by atoms with Gasteiger partial charge in [0, 0.05) is 25.3 Å². The fraction of sp³-hybridized carbons (Fsp3) is 0.704. The van der Waals surface area contributed by atoms with Crippen LogP contribution in [0.25, 0.3) is 0 Å². The van der Waals surface area contributed by atoms with E-state index in [4.69, 9.17) is 0 Å². The van der Waals surface area contributed by atoms with Crippen molar-refractivity contribution in [1.29, 1.82) is 0 Å². The van der Waals surface area contributed by atoms with Crippen LogP contribution >= 0.6 is 0 Å². The fourth-order valence-corrected chi connectivity index (χ4v) is 9.74. The van der Waals surface area contributed by atoms with E-state index in [1.54, 1.807) is 28.6 Å². The summed E-state index contributed by atoms with van der Waals surface area (Å²) in [4.78, 5) is 29.3. The standard InChI is InChI=1S/C27H37N3O4S/c31-25(28-22-6-4-7-23(15-22)35(33,34)29-9-2-1-3-10-29)24-8-5-11-30(24)26(32)27-16-19-12-20(17-27)14-21(13-19)18-27/h4,6-7,15,19-21,24H,1-3,5,8-14,16-18H2,(H,28,31). The molecule has 0 radical (unpaired) electrons. The van der Waals surface area contributed by atoms with Crippen LogP contribution in [0, 0.1) is 23.2 Å². The van der Waals surface area contributed by atoms with Crippen molar-refractivity contribution < 1.29 is 18.0 Å². The molecule has 2 aliphatic heterocycles. The van der Waals surface area contributed by atoms with E-state index in [1.165, 1.54) is 19.3 Å². The smallest absolute Gasteiger partial charge is 0.247 e. The van der Waals surface area contributed by atoms with Gasteiger partial charge < -0.3 is 10.2 Å². The third kappa shape index (κ3) is 4.20. The molecule has 8 heteroatoms. The molecule has 1 unspecified atom stereocenters. The summed E-state index contributed by atoms with van der Waals surface area (Å²) in [6, 6.07) is 6.09. The number of benzene rings is 1. The lowest BCUT2D eigenvalue weighted by atomic mass is 9.49. The minimum atomic E-state index is -3.57. The number of likely N-dealkylation sites (tertiary alicyclic amines) is 1. The average molecular weight is 500 g/mol. The van der Waals surface area contributed by atoms with Gasteiger partial charge >= 0.3 is 0 Å². The molecule has 1 N–H and O–H groups in total.